The molecule has 0 spiro atoms. The van der Waals surface area contributed by atoms with Crippen molar-refractivity contribution in [2.45, 2.75) is 64.7 Å². The molecule has 1 aliphatic heterocycles. The van der Waals surface area contributed by atoms with Crippen LogP contribution in [0.15, 0.2) is 47.5 Å². The van der Waals surface area contributed by atoms with E-state index in [0.717, 1.165) is 61.4 Å². The molecule has 0 atom stereocenters. The van der Waals surface area contributed by atoms with Gasteiger partial charge in [-0.1, -0.05) is 31.0 Å². The molecule has 4 heterocycles. The number of hydrogen-bond donors (Lipinski definition) is 2. The number of halogens is 4. The fraction of sp³-hybridized carbons (Fsp3) is 0.424. The summed E-state index contributed by atoms with van der Waals surface area (Å²) in [6, 6.07) is 4.52. The summed E-state index contributed by atoms with van der Waals surface area (Å²) in [4.78, 5) is 40.6. The Morgan fingerprint density at radius 2 is 1.90 bits per heavy atom. The lowest BCUT2D eigenvalue weighted by molar-refractivity contribution is -0.137. The predicted octanol–water partition coefficient (Wildman–Crippen LogP) is 5.53. The van der Waals surface area contributed by atoms with Crippen molar-refractivity contribution >= 4 is 40.2 Å². The smallest absolute Gasteiger partial charge is 0.416 e. The van der Waals surface area contributed by atoms with Gasteiger partial charge in [-0.2, -0.15) is 22.7 Å². The number of anilines is 2. The summed E-state index contributed by atoms with van der Waals surface area (Å²) in [6.45, 7) is 4.40. The van der Waals surface area contributed by atoms with Gasteiger partial charge in [0.25, 0.3) is 5.56 Å². The number of piperazine rings is 1. The number of aromatic nitrogens is 5. The molecule has 1 saturated heterocycles. The van der Waals surface area contributed by atoms with Crippen LogP contribution in [-0.2, 0) is 30.5 Å². The molecule has 0 unspecified atom stereocenters. The fourth-order valence-corrected chi connectivity index (χ4v) is 6.56. The quantitative estimate of drug-likeness (QED) is 0.249. The van der Waals surface area contributed by atoms with Gasteiger partial charge in [-0.15, -0.1) is 5.10 Å². The van der Waals surface area contributed by atoms with Gasteiger partial charge in [-0.05, 0) is 61.9 Å². The number of benzene rings is 1. The van der Waals surface area contributed by atoms with E-state index in [2.05, 4.69) is 26.4 Å². The van der Waals surface area contributed by atoms with Crippen LogP contribution in [-0.4, -0.2) is 66.2 Å². The van der Waals surface area contributed by atoms with E-state index in [1.807, 2.05) is 11.8 Å². The Labute approximate surface area is 279 Å². The summed E-state index contributed by atoms with van der Waals surface area (Å²) in [7, 11) is 0. The van der Waals surface area contributed by atoms with Crippen LogP contribution in [0.2, 0.25) is 5.02 Å². The van der Waals surface area contributed by atoms with Crippen molar-refractivity contribution in [1.29, 1.82) is 0 Å². The zero-order chi connectivity index (χ0) is 34.0. The van der Waals surface area contributed by atoms with Crippen molar-refractivity contribution in [2.24, 2.45) is 0 Å². The Morgan fingerprint density at radius 1 is 1.10 bits per heavy atom. The van der Waals surface area contributed by atoms with E-state index in [-0.39, 0.29) is 34.3 Å². The number of aromatic hydroxyl groups is 1. The highest BCUT2D eigenvalue weighted by Gasteiger charge is 2.31. The SMILES string of the molecule is CCc1c(N2CCN(Cc3ccncc3O)CC2)c(=O)n2nc(C3=CCCCCC3)nc2n1CC(=O)Nc1ccc(C(F)(F)F)cc1Cl. The Morgan fingerprint density at radius 3 is 2.60 bits per heavy atom. The van der Waals surface area contributed by atoms with E-state index >= 15 is 0 Å². The molecule has 0 saturated carbocycles. The van der Waals surface area contributed by atoms with Crippen LogP contribution in [0, 0.1) is 0 Å². The molecule has 1 aliphatic carbocycles. The molecular formula is C33H36ClF3N8O3. The van der Waals surface area contributed by atoms with Gasteiger partial charge in [0.1, 0.15) is 18.0 Å². The van der Waals surface area contributed by atoms with E-state index in [1.165, 1.54) is 10.7 Å². The Hall–Kier alpha value is -4.43. The lowest BCUT2D eigenvalue weighted by Crippen LogP contribution is -2.48. The first-order valence-corrected chi connectivity index (χ1v) is 16.4. The van der Waals surface area contributed by atoms with Gasteiger partial charge >= 0.3 is 6.18 Å². The monoisotopic (exact) mass is 684 g/mol. The number of nitrogens with one attached hydrogen (secondary N) is 1. The molecule has 48 heavy (non-hydrogen) atoms. The van der Waals surface area contributed by atoms with Crippen molar-refractivity contribution in [3.63, 3.8) is 0 Å². The third kappa shape index (κ3) is 7.04. The lowest BCUT2D eigenvalue weighted by atomic mass is 10.1. The number of alkyl halides is 3. The molecule has 0 radical (unpaired) electrons. The van der Waals surface area contributed by atoms with Gasteiger partial charge in [-0.25, -0.2) is 0 Å². The van der Waals surface area contributed by atoms with Gasteiger partial charge in [0, 0.05) is 44.5 Å². The largest absolute Gasteiger partial charge is 0.506 e. The fourth-order valence-electron chi connectivity index (χ4n) is 6.33. The van der Waals surface area contributed by atoms with Gasteiger partial charge in [0.15, 0.2) is 5.82 Å². The standard InChI is InChI=1S/C33H36ClF3N8O3/c1-2-26-29(43-15-13-42(14-16-43)19-22-11-12-38-18-27(22)46)31(48)45-32(40-30(41-45)21-7-5-3-4-6-8-21)44(26)20-28(47)39-25-10-9-23(17-24(25)34)33(35,36)37/h7,9-12,17-18,46H,2-6,8,13-16,19-20H2,1H3,(H,39,47). The molecule has 11 nitrogen and oxygen atoms in total. The van der Waals surface area contributed by atoms with E-state index in [0.29, 0.717) is 56.4 Å². The van der Waals surface area contributed by atoms with Crippen molar-refractivity contribution in [3.8, 4) is 5.75 Å². The third-order valence-electron chi connectivity index (χ3n) is 8.83. The van der Waals surface area contributed by atoms with Gasteiger partial charge in [0.2, 0.25) is 11.7 Å². The highest BCUT2D eigenvalue weighted by molar-refractivity contribution is 6.33. The highest BCUT2D eigenvalue weighted by Crippen LogP contribution is 2.34. The van der Waals surface area contributed by atoms with Crippen molar-refractivity contribution in [3.05, 3.63) is 80.8 Å². The number of nitrogens with zero attached hydrogens (tertiary/aromatic N) is 7. The molecule has 1 amide bonds. The molecule has 2 N–H and O–H groups in total. The van der Waals surface area contributed by atoms with Crippen molar-refractivity contribution in [2.75, 3.05) is 36.4 Å². The number of fused-ring (bicyclic) bond motifs is 1. The van der Waals surface area contributed by atoms with Crippen LogP contribution in [0.25, 0.3) is 11.4 Å². The Kier molecular flexibility index (Phi) is 9.74. The maximum atomic E-state index is 14.2. The second kappa shape index (κ2) is 14.0. The lowest BCUT2D eigenvalue weighted by Gasteiger charge is -2.36. The summed E-state index contributed by atoms with van der Waals surface area (Å²) in [5, 5.41) is 17.2. The normalized spacial score (nSPS) is 16.2. The van der Waals surface area contributed by atoms with Gasteiger partial charge in [-0.3, -0.25) is 19.5 Å². The molecule has 15 heteroatoms. The number of carbonyl (C=O) groups excluding carboxylic acids is 1. The maximum Gasteiger partial charge on any atom is 0.416 e. The number of rotatable bonds is 8. The molecule has 6 rings (SSSR count). The minimum atomic E-state index is -4.58. The van der Waals surface area contributed by atoms with E-state index in [4.69, 9.17) is 16.6 Å². The topological polar surface area (TPSA) is 121 Å². The molecule has 2 aliphatic rings. The molecule has 3 aromatic heterocycles. The van der Waals surface area contributed by atoms with Gasteiger partial charge < -0.3 is 19.9 Å². The molecule has 4 aromatic rings. The first kappa shape index (κ1) is 33.5. The van der Waals surface area contributed by atoms with Crippen LogP contribution in [0.5, 0.6) is 5.75 Å². The second-order valence-corrected chi connectivity index (χ2v) is 12.4. The van der Waals surface area contributed by atoms with E-state index in [9.17, 15) is 27.9 Å². The van der Waals surface area contributed by atoms with Crippen LogP contribution in [0.1, 0.15) is 61.7 Å². The first-order valence-electron chi connectivity index (χ1n) is 16.0. The van der Waals surface area contributed by atoms with Crippen LogP contribution < -0.4 is 15.8 Å². The number of amides is 1. The molecular weight excluding hydrogens is 649 g/mol. The van der Waals surface area contributed by atoms with Crippen molar-refractivity contribution < 1.29 is 23.1 Å². The van der Waals surface area contributed by atoms with Crippen LogP contribution in [0.4, 0.5) is 24.5 Å². The Bertz CT molecular complexity index is 1910. The molecule has 254 valence electrons. The average molecular weight is 685 g/mol. The van der Waals surface area contributed by atoms with Crippen molar-refractivity contribution in [1.82, 2.24) is 29.0 Å². The van der Waals surface area contributed by atoms with E-state index in [1.54, 1.807) is 16.8 Å². The number of hydrogen-bond acceptors (Lipinski definition) is 8. The van der Waals surface area contributed by atoms with Crippen LogP contribution >= 0.6 is 11.6 Å². The predicted molar refractivity (Wildman–Crippen MR) is 176 cm³/mol. The third-order valence-corrected chi connectivity index (χ3v) is 9.14. The highest BCUT2D eigenvalue weighted by atomic mass is 35.5. The molecule has 1 aromatic carbocycles. The van der Waals surface area contributed by atoms with Crippen LogP contribution in [0.3, 0.4) is 0 Å². The maximum absolute atomic E-state index is 14.2. The summed E-state index contributed by atoms with van der Waals surface area (Å²) in [6.07, 6.45) is 5.77. The first-order chi connectivity index (χ1) is 23.0. The number of allylic oxidation sites excluding steroid dienone is 2. The summed E-state index contributed by atoms with van der Waals surface area (Å²) >= 11 is 6.13. The number of carbonyl (C=O) groups is 1. The zero-order valence-corrected chi connectivity index (χ0v) is 27.2. The molecule has 0 bridgehead atoms. The minimum Gasteiger partial charge on any atom is -0.506 e. The van der Waals surface area contributed by atoms with E-state index < -0.39 is 17.6 Å². The van der Waals surface area contributed by atoms with Gasteiger partial charge in [0.05, 0.1) is 28.2 Å². The Balaban J connectivity index is 1.34. The average Bonchev–Trinajstić information content (AvgIpc) is 3.33. The molecule has 1 fully saturated rings. The summed E-state index contributed by atoms with van der Waals surface area (Å²) in [5.41, 5.74) is 1.50. The minimum absolute atomic E-state index is 0.0344. The number of pyridine rings is 1. The summed E-state index contributed by atoms with van der Waals surface area (Å²) in [5.74, 6) is 0.225. The zero-order valence-electron chi connectivity index (χ0n) is 26.4. The summed E-state index contributed by atoms with van der Waals surface area (Å²) < 4.78 is 42.5. The second-order valence-electron chi connectivity index (χ2n) is 12.0.